The highest BCUT2D eigenvalue weighted by Crippen LogP contribution is 2.19. The van der Waals surface area contributed by atoms with Gasteiger partial charge in [0.05, 0.1) is 10.7 Å². The third-order valence-electron chi connectivity index (χ3n) is 3.53. The molecule has 0 unspecified atom stereocenters. The van der Waals surface area contributed by atoms with Crippen molar-refractivity contribution in [1.82, 2.24) is 14.8 Å². The van der Waals surface area contributed by atoms with Crippen LogP contribution in [0.15, 0.2) is 5.38 Å². The average Bonchev–Trinajstić information content (AvgIpc) is 2.94. The number of hydrogen-bond acceptors (Lipinski definition) is 4. The summed E-state index contributed by atoms with van der Waals surface area (Å²) >= 11 is 1.63. The Morgan fingerprint density at radius 3 is 2.65 bits per heavy atom. The van der Waals surface area contributed by atoms with E-state index in [1.807, 2.05) is 4.90 Å². The lowest BCUT2D eigenvalue weighted by molar-refractivity contribution is -0.135. The van der Waals surface area contributed by atoms with Gasteiger partial charge in [-0.05, 0) is 5.92 Å². The van der Waals surface area contributed by atoms with E-state index < -0.39 is 0 Å². The summed E-state index contributed by atoms with van der Waals surface area (Å²) in [5.74, 6) is 0.601. The first-order valence-electron chi connectivity index (χ1n) is 7.01. The number of aryl methyl sites for hydroxylation is 1. The number of piperazine rings is 1. The van der Waals surface area contributed by atoms with Crippen LogP contribution >= 0.6 is 11.3 Å². The number of thiazole rings is 1. The molecule has 1 fully saturated rings. The fourth-order valence-corrected chi connectivity index (χ4v) is 3.11. The maximum absolute atomic E-state index is 12.1. The molecule has 2 rings (SSSR count). The molecule has 0 spiro atoms. The summed E-state index contributed by atoms with van der Waals surface area (Å²) in [7, 11) is 0. The van der Waals surface area contributed by atoms with E-state index in [0.717, 1.165) is 17.1 Å². The Morgan fingerprint density at radius 1 is 1.40 bits per heavy atom. The van der Waals surface area contributed by atoms with Crippen LogP contribution in [-0.2, 0) is 16.0 Å². The minimum Gasteiger partial charge on any atom is -0.342 e. The Labute approximate surface area is 123 Å². The molecule has 0 aromatic carbocycles. The van der Waals surface area contributed by atoms with E-state index in [1.165, 1.54) is 0 Å². The second-order valence-corrected chi connectivity index (χ2v) is 6.29. The van der Waals surface area contributed by atoms with Gasteiger partial charge < -0.3 is 9.80 Å². The molecule has 0 radical (unpaired) electrons. The third kappa shape index (κ3) is 3.79. The fraction of sp³-hybridized carbons (Fsp3) is 0.643. The number of carbonyl (C=O) groups excluding carboxylic acids is 2. The van der Waals surface area contributed by atoms with Crippen molar-refractivity contribution >= 4 is 23.7 Å². The van der Waals surface area contributed by atoms with Crippen molar-refractivity contribution in [1.29, 1.82) is 0 Å². The van der Waals surface area contributed by atoms with Crippen molar-refractivity contribution < 1.29 is 9.59 Å². The zero-order chi connectivity index (χ0) is 14.5. The molecule has 1 saturated heterocycles. The molecule has 6 heteroatoms. The summed E-state index contributed by atoms with van der Waals surface area (Å²) in [6.45, 7) is 6.82. The van der Waals surface area contributed by atoms with E-state index in [9.17, 15) is 9.59 Å². The minimum atomic E-state index is 0.164. The van der Waals surface area contributed by atoms with Gasteiger partial charge in [0.1, 0.15) is 0 Å². The quantitative estimate of drug-likeness (QED) is 0.774. The SMILES string of the molecule is CC(C)c1csc(CCC(=O)N2CCN(C=O)CC2)n1. The molecular formula is C14H21N3O2S. The van der Waals surface area contributed by atoms with E-state index in [-0.39, 0.29) is 5.91 Å². The number of aromatic nitrogens is 1. The lowest BCUT2D eigenvalue weighted by Gasteiger charge is -2.32. The highest BCUT2D eigenvalue weighted by atomic mass is 32.1. The van der Waals surface area contributed by atoms with Crippen LogP contribution < -0.4 is 0 Å². The Bertz CT molecular complexity index is 465. The van der Waals surface area contributed by atoms with Crippen LogP contribution in [-0.4, -0.2) is 53.3 Å². The summed E-state index contributed by atoms with van der Waals surface area (Å²) in [6.07, 6.45) is 2.07. The van der Waals surface area contributed by atoms with Gasteiger partial charge in [0.2, 0.25) is 12.3 Å². The number of carbonyl (C=O) groups is 2. The molecule has 0 bridgehead atoms. The van der Waals surface area contributed by atoms with E-state index >= 15 is 0 Å². The first-order chi connectivity index (χ1) is 9.60. The first kappa shape index (κ1) is 15.0. The summed E-state index contributed by atoms with van der Waals surface area (Å²) < 4.78 is 0. The van der Waals surface area contributed by atoms with Crippen LogP contribution in [0.3, 0.4) is 0 Å². The minimum absolute atomic E-state index is 0.164. The van der Waals surface area contributed by atoms with E-state index in [1.54, 1.807) is 16.2 Å². The van der Waals surface area contributed by atoms with Gasteiger partial charge in [0.15, 0.2) is 0 Å². The number of amides is 2. The van der Waals surface area contributed by atoms with Gasteiger partial charge in [0, 0.05) is 44.4 Å². The van der Waals surface area contributed by atoms with Gasteiger partial charge in [-0.1, -0.05) is 13.8 Å². The molecule has 1 aromatic rings. The van der Waals surface area contributed by atoms with Crippen molar-refractivity contribution in [3.05, 3.63) is 16.1 Å². The molecule has 0 aliphatic carbocycles. The average molecular weight is 295 g/mol. The molecule has 110 valence electrons. The molecule has 2 amide bonds. The molecule has 0 saturated carbocycles. The Morgan fingerprint density at radius 2 is 2.10 bits per heavy atom. The Balaban J connectivity index is 1.78. The van der Waals surface area contributed by atoms with E-state index in [0.29, 0.717) is 44.9 Å². The topological polar surface area (TPSA) is 53.5 Å². The van der Waals surface area contributed by atoms with Crippen molar-refractivity contribution in [2.24, 2.45) is 0 Å². The maximum atomic E-state index is 12.1. The van der Waals surface area contributed by atoms with E-state index in [4.69, 9.17) is 0 Å². The van der Waals surface area contributed by atoms with Crippen molar-refractivity contribution in [3.8, 4) is 0 Å². The normalized spacial score (nSPS) is 15.8. The molecule has 2 heterocycles. The lowest BCUT2D eigenvalue weighted by atomic mass is 10.2. The predicted molar refractivity (Wildman–Crippen MR) is 78.7 cm³/mol. The van der Waals surface area contributed by atoms with Crippen LogP contribution in [0, 0.1) is 0 Å². The number of hydrogen-bond donors (Lipinski definition) is 0. The van der Waals surface area contributed by atoms with Gasteiger partial charge in [-0.2, -0.15) is 0 Å². The van der Waals surface area contributed by atoms with Gasteiger partial charge >= 0.3 is 0 Å². The Kier molecular flexibility index (Phi) is 5.11. The molecule has 1 aliphatic rings. The third-order valence-corrected chi connectivity index (χ3v) is 4.46. The van der Waals surface area contributed by atoms with Gasteiger partial charge in [-0.15, -0.1) is 11.3 Å². The molecule has 0 atom stereocenters. The Hall–Kier alpha value is -1.43. The van der Waals surface area contributed by atoms with E-state index in [2.05, 4.69) is 24.2 Å². The lowest BCUT2D eigenvalue weighted by Crippen LogP contribution is -2.48. The monoisotopic (exact) mass is 295 g/mol. The molecule has 20 heavy (non-hydrogen) atoms. The zero-order valence-corrected chi connectivity index (χ0v) is 12.9. The highest BCUT2D eigenvalue weighted by Gasteiger charge is 2.20. The maximum Gasteiger partial charge on any atom is 0.223 e. The smallest absolute Gasteiger partial charge is 0.223 e. The van der Waals surface area contributed by atoms with Crippen LogP contribution in [0.1, 0.15) is 36.9 Å². The van der Waals surface area contributed by atoms with Crippen LogP contribution in [0.2, 0.25) is 0 Å². The summed E-state index contributed by atoms with van der Waals surface area (Å²) in [5.41, 5.74) is 1.11. The largest absolute Gasteiger partial charge is 0.342 e. The molecule has 5 nitrogen and oxygen atoms in total. The summed E-state index contributed by atoms with van der Waals surface area (Å²) in [6, 6.07) is 0. The van der Waals surface area contributed by atoms with Crippen LogP contribution in [0.25, 0.3) is 0 Å². The molecule has 1 aliphatic heterocycles. The summed E-state index contributed by atoms with van der Waals surface area (Å²) in [4.78, 5) is 30.8. The summed E-state index contributed by atoms with van der Waals surface area (Å²) in [5, 5.41) is 3.11. The van der Waals surface area contributed by atoms with Gasteiger partial charge in [-0.25, -0.2) is 4.98 Å². The standard InChI is InChI=1S/C14H21N3O2S/c1-11(2)12-9-20-13(15-12)3-4-14(19)17-7-5-16(10-18)6-8-17/h9-11H,3-8H2,1-2H3. The van der Waals surface area contributed by atoms with Crippen molar-refractivity contribution in [2.45, 2.75) is 32.6 Å². The second kappa shape index (κ2) is 6.83. The molecule has 0 N–H and O–H groups in total. The predicted octanol–water partition coefficient (Wildman–Crippen LogP) is 1.50. The highest BCUT2D eigenvalue weighted by molar-refractivity contribution is 7.09. The fourth-order valence-electron chi connectivity index (χ4n) is 2.15. The zero-order valence-electron chi connectivity index (χ0n) is 12.0. The van der Waals surface area contributed by atoms with Crippen LogP contribution in [0.5, 0.6) is 0 Å². The molecule has 1 aromatic heterocycles. The second-order valence-electron chi connectivity index (χ2n) is 5.34. The van der Waals surface area contributed by atoms with Gasteiger partial charge in [0.25, 0.3) is 0 Å². The molecular weight excluding hydrogens is 274 g/mol. The number of rotatable bonds is 5. The van der Waals surface area contributed by atoms with Crippen molar-refractivity contribution in [3.63, 3.8) is 0 Å². The van der Waals surface area contributed by atoms with Gasteiger partial charge in [-0.3, -0.25) is 9.59 Å². The first-order valence-corrected chi connectivity index (χ1v) is 7.89. The van der Waals surface area contributed by atoms with Crippen molar-refractivity contribution in [2.75, 3.05) is 26.2 Å². The number of nitrogens with zero attached hydrogens (tertiary/aromatic N) is 3. The van der Waals surface area contributed by atoms with Crippen LogP contribution in [0.4, 0.5) is 0 Å².